The maximum Gasteiger partial charge on any atom is 0.163 e. The minimum absolute atomic E-state index is 0.571. The van der Waals surface area contributed by atoms with Crippen LogP contribution in [0, 0.1) is 0 Å². The van der Waals surface area contributed by atoms with Gasteiger partial charge in [0.05, 0.1) is 11.4 Å². The molecule has 20 heavy (non-hydrogen) atoms. The van der Waals surface area contributed by atoms with Crippen LogP contribution in [-0.4, -0.2) is 19.8 Å². The van der Waals surface area contributed by atoms with E-state index >= 15 is 0 Å². The Morgan fingerprint density at radius 2 is 1.70 bits per heavy atom. The lowest BCUT2D eigenvalue weighted by atomic mass is 10.2. The van der Waals surface area contributed by atoms with Gasteiger partial charge in [0.25, 0.3) is 0 Å². The van der Waals surface area contributed by atoms with Crippen LogP contribution < -0.4 is 20.1 Å². The number of ether oxygens (including phenoxy) is 2. The van der Waals surface area contributed by atoms with Gasteiger partial charge in [0.1, 0.15) is 13.2 Å². The zero-order valence-corrected chi connectivity index (χ0v) is 11.5. The van der Waals surface area contributed by atoms with Crippen LogP contribution in [0.2, 0.25) is 0 Å². The molecule has 0 unspecified atom stereocenters. The number of hydrogen-bond donors (Lipinski definition) is 1. The van der Waals surface area contributed by atoms with Gasteiger partial charge >= 0.3 is 0 Å². The van der Waals surface area contributed by atoms with Gasteiger partial charge in [-0.15, -0.1) is 0 Å². The molecule has 2 N–H and O–H groups in total. The second kappa shape index (κ2) is 5.33. The SMILES string of the molecule is CCN(c1ccccc1)c1cc2c(cc1N)OCCO2. The number of nitrogen functional groups attached to an aromatic ring is 1. The lowest BCUT2D eigenvalue weighted by molar-refractivity contribution is 0.172. The predicted molar refractivity (Wildman–Crippen MR) is 81.0 cm³/mol. The third kappa shape index (κ3) is 2.25. The van der Waals surface area contributed by atoms with Gasteiger partial charge in [-0.2, -0.15) is 0 Å². The Morgan fingerprint density at radius 3 is 2.35 bits per heavy atom. The van der Waals surface area contributed by atoms with E-state index < -0.39 is 0 Å². The number of fused-ring (bicyclic) bond motifs is 1. The van der Waals surface area contributed by atoms with Crippen LogP contribution >= 0.6 is 0 Å². The van der Waals surface area contributed by atoms with Crippen LogP contribution in [0.3, 0.4) is 0 Å². The topological polar surface area (TPSA) is 47.7 Å². The fraction of sp³-hybridized carbons (Fsp3) is 0.250. The molecule has 2 aromatic carbocycles. The highest BCUT2D eigenvalue weighted by atomic mass is 16.6. The van der Waals surface area contributed by atoms with Crippen molar-refractivity contribution in [3.05, 3.63) is 42.5 Å². The van der Waals surface area contributed by atoms with E-state index in [1.807, 2.05) is 30.3 Å². The number of hydrogen-bond acceptors (Lipinski definition) is 4. The first-order valence-electron chi connectivity index (χ1n) is 6.81. The molecule has 1 aliphatic heterocycles. The first kappa shape index (κ1) is 12.7. The highest BCUT2D eigenvalue weighted by Gasteiger charge is 2.18. The Kier molecular flexibility index (Phi) is 3.37. The summed E-state index contributed by atoms with van der Waals surface area (Å²) in [5, 5.41) is 0. The van der Waals surface area contributed by atoms with Crippen LogP contribution in [0.4, 0.5) is 17.1 Å². The van der Waals surface area contributed by atoms with Gasteiger partial charge in [-0.25, -0.2) is 0 Å². The van der Waals surface area contributed by atoms with Crippen LogP contribution in [-0.2, 0) is 0 Å². The van der Waals surface area contributed by atoms with E-state index in [9.17, 15) is 0 Å². The van der Waals surface area contributed by atoms with Gasteiger partial charge < -0.3 is 20.1 Å². The van der Waals surface area contributed by atoms with Crippen LogP contribution in [0.1, 0.15) is 6.92 Å². The summed E-state index contributed by atoms with van der Waals surface area (Å²) in [6.07, 6.45) is 0. The number of nitrogens with zero attached hydrogens (tertiary/aromatic N) is 1. The predicted octanol–water partition coefficient (Wildman–Crippen LogP) is 3.20. The minimum Gasteiger partial charge on any atom is -0.486 e. The van der Waals surface area contributed by atoms with Gasteiger partial charge in [-0.3, -0.25) is 0 Å². The van der Waals surface area contributed by atoms with E-state index in [1.165, 1.54) is 0 Å². The Balaban J connectivity index is 2.04. The average molecular weight is 270 g/mol. The first-order valence-corrected chi connectivity index (χ1v) is 6.81. The number of para-hydroxylation sites is 1. The molecule has 0 fully saturated rings. The second-order valence-electron chi connectivity index (χ2n) is 4.63. The Bertz CT molecular complexity index is 599. The van der Waals surface area contributed by atoms with Crippen molar-refractivity contribution in [2.75, 3.05) is 30.4 Å². The number of benzene rings is 2. The monoisotopic (exact) mass is 270 g/mol. The summed E-state index contributed by atoms with van der Waals surface area (Å²) in [5.41, 5.74) is 8.93. The summed E-state index contributed by atoms with van der Waals surface area (Å²) in [4.78, 5) is 2.16. The largest absolute Gasteiger partial charge is 0.486 e. The number of anilines is 3. The van der Waals surface area contributed by atoms with Gasteiger partial charge in [0, 0.05) is 24.4 Å². The third-order valence-corrected chi connectivity index (χ3v) is 3.37. The van der Waals surface area contributed by atoms with E-state index in [-0.39, 0.29) is 0 Å². The minimum atomic E-state index is 0.571. The van der Waals surface area contributed by atoms with Crippen LogP contribution in [0.15, 0.2) is 42.5 Å². The van der Waals surface area contributed by atoms with Crippen LogP contribution in [0.25, 0.3) is 0 Å². The Hall–Kier alpha value is -2.36. The maximum atomic E-state index is 6.18. The lowest BCUT2D eigenvalue weighted by Gasteiger charge is -2.27. The smallest absolute Gasteiger partial charge is 0.163 e. The molecule has 0 aromatic heterocycles. The fourth-order valence-corrected chi connectivity index (χ4v) is 2.43. The first-order chi connectivity index (χ1) is 9.79. The highest BCUT2D eigenvalue weighted by molar-refractivity contribution is 5.78. The molecule has 0 atom stereocenters. The molecule has 0 amide bonds. The van der Waals surface area contributed by atoms with E-state index in [0.717, 1.165) is 29.4 Å². The molecular weight excluding hydrogens is 252 g/mol. The van der Waals surface area contributed by atoms with Crippen molar-refractivity contribution >= 4 is 17.1 Å². The molecule has 1 aliphatic rings. The number of rotatable bonds is 3. The standard InChI is InChI=1S/C16H18N2O2/c1-2-18(12-6-4-3-5-7-12)14-11-16-15(10-13(14)17)19-8-9-20-16/h3-7,10-11H,2,8-9,17H2,1H3. The summed E-state index contributed by atoms with van der Waals surface area (Å²) in [5.74, 6) is 1.48. The summed E-state index contributed by atoms with van der Waals surface area (Å²) >= 11 is 0. The second-order valence-corrected chi connectivity index (χ2v) is 4.63. The molecule has 0 radical (unpaired) electrons. The Morgan fingerprint density at radius 1 is 1.05 bits per heavy atom. The van der Waals surface area contributed by atoms with E-state index in [2.05, 4.69) is 24.0 Å². The molecule has 3 rings (SSSR count). The van der Waals surface area contributed by atoms with Gasteiger partial charge in [-0.05, 0) is 19.1 Å². The van der Waals surface area contributed by atoms with Crippen molar-refractivity contribution in [1.29, 1.82) is 0 Å². The zero-order chi connectivity index (χ0) is 13.9. The third-order valence-electron chi connectivity index (χ3n) is 3.37. The molecule has 1 heterocycles. The molecule has 0 spiro atoms. The Labute approximate surface area is 118 Å². The lowest BCUT2D eigenvalue weighted by Crippen LogP contribution is -2.20. The van der Waals surface area contributed by atoms with Crippen molar-refractivity contribution < 1.29 is 9.47 Å². The zero-order valence-electron chi connectivity index (χ0n) is 11.5. The van der Waals surface area contributed by atoms with E-state index in [1.54, 1.807) is 0 Å². The molecule has 2 aromatic rings. The van der Waals surface area contributed by atoms with Crippen molar-refractivity contribution in [3.63, 3.8) is 0 Å². The van der Waals surface area contributed by atoms with Gasteiger partial charge in [-0.1, -0.05) is 18.2 Å². The summed E-state index contributed by atoms with van der Waals surface area (Å²) in [7, 11) is 0. The summed E-state index contributed by atoms with van der Waals surface area (Å²) in [6, 6.07) is 14.0. The van der Waals surface area contributed by atoms with E-state index in [0.29, 0.717) is 18.9 Å². The normalized spacial score (nSPS) is 13.1. The van der Waals surface area contributed by atoms with E-state index in [4.69, 9.17) is 15.2 Å². The quantitative estimate of drug-likeness (QED) is 0.870. The molecule has 0 aliphatic carbocycles. The van der Waals surface area contributed by atoms with Crippen molar-refractivity contribution in [1.82, 2.24) is 0 Å². The highest BCUT2D eigenvalue weighted by Crippen LogP contribution is 2.40. The maximum absolute atomic E-state index is 6.18. The van der Waals surface area contributed by atoms with Crippen molar-refractivity contribution in [2.45, 2.75) is 6.92 Å². The molecule has 0 bridgehead atoms. The molecule has 104 valence electrons. The number of nitrogens with two attached hydrogens (primary N) is 1. The van der Waals surface area contributed by atoms with Crippen molar-refractivity contribution in [3.8, 4) is 11.5 Å². The van der Waals surface area contributed by atoms with Gasteiger partial charge in [0.2, 0.25) is 0 Å². The molecule has 4 heteroatoms. The average Bonchev–Trinajstić information content (AvgIpc) is 2.49. The van der Waals surface area contributed by atoms with Gasteiger partial charge in [0.15, 0.2) is 11.5 Å². The molecule has 4 nitrogen and oxygen atoms in total. The summed E-state index contributed by atoms with van der Waals surface area (Å²) in [6.45, 7) is 4.08. The van der Waals surface area contributed by atoms with Crippen LogP contribution in [0.5, 0.6) is 11.5 Å². The van der Waals surface area contributed by atoms with Crippen molar-refractivity contribution in [2.24, 2.45) is 0 Å². The summed E-state index contributed by atoms with van der Waals surface area (Å²) < 4.78 is 11.2. The fourth-order valence-electron chi connectivity index (χ4n) is 2.43. The molecular formula is C16H18N2O2. The molecule has 0 saturated carbocycles. The molecule has 0 saturated heterocycles.